The lowest BCUT2D eigenvalue weighted by Gasteiger charge is -2.25. The summed E-state index contributed by atoms with van der Waals surface area (Å²) in [5.41, 5.74) is 4.89. The van der Waals surface area contributed by atoms with E-state index in [0.717, 1.165) is 34.7 Å². The predicted molar refractivity (Wildman–Crippen MR) is 139 cm³/mol. The average Bonchev–Trinajstić information content (AvgIpc) is 3.30. The van der Waals surface area contributed by atoms with Crippen LogP contribution in [0, 0.1) is 6.92 Å². The van der Waals surface area contributed by atoms with Gasteiger partial charge >= 0.3 is 0 Å². The molecule has 0 heterocycles. The summed E-state index contributed by atoms with van der Waals surface area (Å²) in [5, 5.41) is 3.21. The van der Waals surface area contributed by atoms with Gasteiger partial charge in [-0.05, 0) is 80.1 Å². The first kappa shape index (κ1) is 25.1. The van der Waals surface area contributed by atoms with Crippen LogP contribution >= 0.6 is 11.6 Å². The molecule has 8 heteroatoms. The van der Waals surface area contributed by atoms with Crippen molar-refractivity contribution >= 4 is 33.2 Å². The number of rotatable bonds is 8. The van der Waals surface area contributed by atoms with E-state index >= 15 is 0 Å². The van der Waals surface area contributed by atoms with Crippen LogP contribution in [-0.2, 0) is 27.7 Å². The minimum absolute atomic E-state index is 0.0921. The molecule has 35 heavy (non-hydrogen) atoms. The number of nitrogens with zero attached hydrogens (tertiary/aromatic N) is 1. The summed E-state index contributed by atoms with van der Waals surface area (Å²) in [5.74, 6) is -0.00147. The van der Waals surface area contributed by atoms with Crippen LogP contribution in [0.1, 0.15) is 41.6 Å². The number of methoxy groups -OCH3 is 1. The molecule has 3 aromatic rings. The Morgan fingerprint density at radius 2 is 1.77 bits per heavy atom. The maximum Gasteiger partial charge on any atom is 0.264 e. The van der Waals surface area contributed by atoms with Crippen LogP contribution in [0.4, 0.5) is 5.69 Å². The Hall–Kier alpha value is -3.03. The summed E-state index contributed by atoms with van der Waals surface area (Å²) in [4.78, 5) is 13.2. The van der Waals surface area contributed by atoms with Crippen LogP contribution < -0.4 is 14.4 Å². The van der Waals surface area contributed by atoms with E-state index in [0.29, 0.717) is 5.75 Å². The highest BCUT2D eigenvalue weighted by Gasteiger charge is 2.28. The Kier molecular flexibility index (Phi) is 7.38. The number of aryl methyl sites for hydroxylation is 3. The molecule has 184 valence electrons. The number of benzene rings is 3. The van der Waals surface area contributed by atoms with Crippen molar-refractivity contribution < 1.29 is 17.9 Å². The van der Waals surface area contributed by atoms with Crippen molar-refractivity contribution in [2.24, 2.45) is 0 Å². The van der Waals surface area contributed by atoms with Gasteiger partial charge in [0.1, 0.15) is 12.3 Å². The van der Waals surface area contributed by atoms with Gasteiger partial charge in [0.25, 0.3) is 10.0 Å². The number of anilines is 1. The molecular formula is C27H29ClN2O4S. The zero-order valence-corrected chi connectivity index (χ0v) is 21.6. The molecule has 0 bridgehead atoms. The van der Waals surface area contributed by atoms with Gasteiger partial charge in [-0.25, -0.2) is 8.42 Å². The molecule has 0 fully saturated rings. The first-order chi connectivity index (χ1) is 16.7. The predicted octanol–water partition coefficient (Wildman–Crippen LogP) is 5.22. The highest BCUT2D eigenvalue weighted by Crippen LogP contribution is 2.32. The summed E-state index contributed by atoms with van der Waals surface area (Å²) in [7, 11) is -2.56. The van der Waals surface area contributed by atoms with Crippen molar-refractivity contribution in [3.05, 3.63) is 87.9 Å². The van der Waals surface area contributed by atoms with E-state index in [1.807, 2.05) is 19.9 Å². The first-order valence-corrected chi connectivity index (χ1v) is 13.3. The minimum Gasteiger partial charge on any atom is -0.495 e. The Balaban J connectivity index is 1.61. The molecule has 0 radical (unpaired) electrons. The Labute approximate surface area is 211 Å². The van der Waals surface area contributed by atoms with Crippen LogP contribution in [-0.4, -0.2) is 28.0 Å². The number of halogens is 1. The average molecular weight is 513 g/mol. The van der Waals surface area contributed by atoms with Gasteiger partial charge in [0.15, 0.2) is 0 Å². The molecule has 0 saturated carbocycles. The molecule has 0 unspecified atom stereocenters. The topological polar surface area (TPSA) is 75.7 Å². The van der Waals surface area contributed by atoms with Crippen LogP contribution in [0.25, 0.3) is 0 Å². The largest absolute Gasteiger partial charge is 0.495 e. The lowest BCUT2D eigenvalue weighted by atomic mass is 10.0. The van der Waals surface area contributed by atoms with Crippen molar-refractivity contribution in [1.82, 2.24) is 5.32 Å². The SMILES string of the molecule is COc1ccc(N(CC(=O)N[C@@H](C)c2ccc3c(c2)CCC3)S(=O)(=O)c2ccc(C)cc2)cc1Cl. The molecule has 1 aliphatic carbocycles. The third-order valence-electron chi connectivity index (χ3n) is 6.32. The minimum atomic E-state index is -4.04. The zero-order chi connectivity index (χ0) is 25.2. The van der Waals surface area contributed by atoms with Gasteiger partial charge in [0.05, 0.1) is 28.8 Å². The van der Waals surface area contributed by atoms with Gasteiger partial charge in [-0.2, -0.15) is 0 Å². The first-order valence-electron chi connectivity index (χ1n) is 11.5. The van der Waals surface area contributed by atoms with Crippen LogP contribution in [0.3, 0.4) is 0 Å². The van der Waals surface area contributed by atoms with Crippen molar-refractivity contribution in [1.29, 1.82) is 0 Å². The van der Waals surface area contributed by atoms with Gasteiger partial charge < -0.3 is 10.1 Å². The van der Waals surface area contributed by atoms with E-state index in [1.54, 1.807) is 24.3 Å². The second-order valence-electron chi connectivity index (χ2n) is 8.81. The lowest BCUT2D eigenvalue weighted by Crippen LogP contribution is -2.41. The van der Waals surface area contributed by atoms with Gasteiger partial charge in [-0.15, -0.1) is 0 Å². The molecule has 1 amide bonds. The Morgan fingerprint density at radius 1 is 1.06 bits per heavy atom. The molecule has 0 aromatic heterocycles. The zero-order valence-electron chi connectivity index (χ0n) is 20.0. The van der Waals surface area contributed by atoms with E-state index in [2.05, 4.69) is 17.4 Å². The summed E-state index contributed by atoms with van der Waals surface area (Å²) < 4.78 is 33.5. The summed E-state index contributed by atoms with van der Waals surface area (Å²) in [6.45, 7) is 3.39. The molecule has 3 aromatic carbocycles. The van der Waals surface area contributed by atoms with Gasteiger partial charge in [-0.1, -0.05) is 47.5 Å². The number of carbonyl (C=O) groups excluding carboxylic acids is 1. The molecule has 1 N–H and O–H groups in total. The second kappa shape index (κ2) is 10.3. The third-order valence-corrected chi connectivity index (χ3v) is 8.40. The number of carbonyl (C=O) groups is 1. The summed E-state index contributed by atoms with van der Waals surface area (Å²) >= 11 is 6.29. The molecule has 0 aliphatic heterocycles. The van der Waals surface area contributed by atoms with E-state index in [9.17, 15) is 13.2 Å². The highest BCUT2D eigenvalue weighted by atomic mass is 35.5. The van der Waals surface area contributed by atoms with Crippen molar-refractivity contribution in [2.45, 2.75) is 44.0 Å². The van der Waals surface area contributed by atoms with E-state index in [4.69, 9.17) is 16.3 Å². The molecule has 0 saturated heterocycles. The summed E-state index contributed by atoms with van der Waals surface area (Å²) in [6, 6.07) is 17.2. The van der Waals surface area contributed by atoms with E-state index in [1.165, 1.54) is 36.4 Å². The standard InChI is InChI=1S/C27H29ClN2O4S/c1-18-7-12-24(13-8-18)35(32,33)30(23-11-14-26(34-3)25(28)16-23)17-27(31)29-19(2)21-10-9-20-5-4-6-22(20)15-21/h7-16,19H,4-6,17H2,1-3H3,(H,29,31)/t19-/m0/s1. The molecular weight excluding hydrogens is 484 g/mol. The monoisotopic (exact) mass is 512 g/mol. The number of hydrogen-bond acceptors (Lipinski definition) is 4. The third kappa shape index (κ3) is 5.46. The van der Waals surface area contributed by atoms with E-state index < -0.39 is 22.5 Å². The number of hydrogen-bond donors (Lipinski definition) is 1. The van der Waals surface area contributed by atoms with Gasteiger partial charge in [-0.3, -0.25) is 9.10 Å². The molecule has 6 nitrogen and oxygen atoms in total. The van der Waals surface area contributed by atoms with Gasteiger partial charge in [0.2, 0.25) is 5.91 Å². The molecule has 4 rings (SSSR count). The smallest absolute Gasteiger partial charge is 0.264 e. The maximum atomic E-state index is 13.6. The van der Waals surface area contributed by atoms with Crippen molar-refractivity contribution in [3.63, 3.8) is 0 Å². The second-order valence-corrected chi connectivity index (χ2v) is 11.1. The van der Waals surface area contributed by atoms with Crippen molar-refractivity contribution in [2.75, 3.05) is 18.0 Å². The van der Waals surface area contributed by atoms with Crippen molar-refractivity contribution in [3.8, 4) is 5.75 Å². The van der Waals surface area contributed by atoms with Crippen LogP contribution in [0.2, 0.25) is 5.02 Å². The summed E-state index contributed by atoms with van der Waals surface area (Å²) in [6.07, 6.45) is 3.28. The molecule has 1 atom stereocenters. The quantitative estimate of drug-likeness (QED) is 0.449. The number of ether oxygens (including phenoxy) is 1. The number of sulfonamides is 1. The van der Waals surface area contributed by atoms with Crippen LogP contribution in [0.15, 0.2) is 65.6 Å². The Bertz CT molecular complexity index is 1340. The lowest BCUT2D eigenvalue weighted by molar-refractivity contribution is -0.120. The molecule has 1 aliphatic rings. The Morgan fingerprint density at radius 3 is 2.46 bits per heavy atom. The fraction of sp³-hybridized carbons (Fsp3) is 0.296. The fourth-order valence-electron chi connectivity index (χ4n) is 4.32. The highest BCUT2D eigenvalue weighted by molar-refractivity contribution is 7.92. The number of nitrogens with one attached hydrogen (secondary N) is 1. The maximum absolute atomic E-state index is 13.6. The fourth-order valence-corrected chi connectivity index (χ4v) is 5.99. The van der Waals surface area contributed by atoms with E-state index in [-0.39, 0.29) is 21.6 Å². The van der Waals surface area contributed by atoms with Gasteiger partial charge in [0, 0.05) is 0 Å². The normalized spacial score (nSPS) is 13.7. The van der Waals surface area contributed by atoms with Crippen LogP contribution in [0.5, 0.6) is 5.75 Å². The number of fused-ring (bicyclic) bond motifs is 1. The molecule has 0 spiro atoms. The number of amides is 1.